The van der Waals surface area contributed by atoms with Gasteiger partial charge in [0.25, 0.3) is 0 Å². The third-order valence-corrected chi connectivity index (χ3v) is 10.2. The predicted octanol–water partition coefficient (Wildman–Crippen LogP) is 3.81. The number of ether oxygens (including phenoxy) is 3. The van der Waals surface area contributed by atoms with Gasteiger partial charge in [0, 0.05) is 36.2 Å². The lowest BCUT2D eigenvalue weighted by atomic mass is 10.0. The van der Waals surface area contributed by atoms with E-state index in [1.54, 1.807) is 13.0 Å². The molecular formula is C33H44N4O8S. The van der Waals surface area contributed by atoms with Crippen LogP contribution in [0.3, 0.4) is 0 Å². The first-order valence-corrected chi connectivity index (χ1v) is 17.2. The van der Waals surface area contributed by atoms with E-state index in [1.807, 2.05) is 51.1 Å². The maximum absolute atomic E-state index is 14.2. The summed E-state index contributed by atoms with van der Waals surface area (Å²) in [6.45, 7) is 8.56. The molecule has 0 bridgehead atoms. The number of fused-ring (bicyclic) bond motifs is 2. The minimum atomic E-state index is -4.13. The number of H-pyrrole nitrogens is 1. The van der Waals surface area contributed by atoms with Crippen LogP contribution >= 0.6 is 0 Å². The summed E-state index contributed by atoms with van der Waals surface area (Å²) in [5.41, 5.74) is 2.45. The molecular weight excluding hydrogens is 612 g/mol. The Hall–Kier alpha value is -3.49. The van der Waals surface area contributed by atoms with E-state index in [1.165, 1.54) is 16.4 Å². The van der Waals surface area contributed by atoms with Gasteiger partial charge < -0.3 is 34.7 Å². The van der Waals surface area contributed by atoms with Crippen molar-refractivity contribution in [3.8, 4) is 5.88 Å². The highest BCUT2D eigenvalue weighted by Gasteiger charge is 2.44. The molecule has 1 amide bonds. The lowest BCUT2D eigenvalue weighted by Crippen LogP contribution is -2.51. The van der Waals surface area contributed by atoms with Crippen molar-refractivity contribution in [2.45, 2.75) is 70.0 Å². The molecule has 3 aromatic rings. The van der Waals surface area contributed by atoms with Crippen LogP contribution in [-0.2, 0) is 30.7 Å². The third-order valence-electron chi connectivity index (χ3n) is 8.41. The second-order valence-electron chi connectivity index (χ2n) is 12.3. The van der Waals surface area contributed by atoms with Crippen molar-refractivity contribution in [2.75, 3.05) is 32.8 Å². The Balaban J connectivity index is 1.40. The quantitative estimate of drug-likeness (QED) is 0.202. The largest absolute Gasteiger partial charge is 0.494 e. The molecule has 3 heterocycles. The van der Waals surface area contributed by atoms with Gasteiger partial charge in [-0.3, -0.25) is 4.99 Å². The molecule has 2 aromatic carbocycles. The van der Waals surface area contributed by atoms with Crippen LogP contribution in [0.1, 0.15) is 45.2 Å². The fourth-order valence-corrected chi connectivity index (χ4v) is 7.83. The molecule has 0 spiro atoms. The standard InChI is InChI=1S/C33H44N4O8S/c1-5-34-21(4)30-25-16-23(11-12-26(25)35-31(30)39)46(41,42)37(17-20(2)3)18-28(38)27(15-22-9-7-6-8-10-22)36-33(40)45-29-19-44-32-24(29)13-14-43-32/h6-12,16,20,24,27-29,32,35,38-39H,5,13-15,17-19H2,1-4H3,(H,36,40)/t24?,27-,28+,29-,32?/m0/s1. The van der Waals surface area contributed by atoms with Crippen LogP contribution in [0.4, 0.5) is 4.79 Å². The Morgan fingerprint density at radius 2 is 1.93 bits per heavy atom. The smallest absolute Gasteiger partial charge is 0.407 e. The zero-order valence-corrected chi connectivity index (χ0v) is 27.5. The number of aromatic nitrogens is 1. The maximum Gasteiger partial charge on any atom is 0.407 e. The van der Waals surface area contributed by atoms with E-state index in [0.29, 0.717) is 35.3 Å². The van der Waals surface area contributed by atoms with Crippen LogP contribution in [-0.4, -0.2) is 97.1 Å². The van der Waals surface area contributed by atoms with E-state index in [4.69, 9.17) is 14.2 Å². The molecule has 5 atom stereocenters. The Morgan fingerprint density at radius 1 is 1.17 bits per heavy atom. The summed E-state index contributed by atoms with van der Waals surface area (Å²) in [7, 11) is -4.13. The lowest BCUT2D eigenvalue weighted by Gasteiger charge is -2.31. The number of alkyl carbamates (subject to hydrolysis) is 1. The van der Waals surface area contributed by atoms with Gasteiger partial charge in [0.15, 0.2) is 12.2 Å². The Bertz CT molecular complexity index is 1640. The molecule has 250 valence electrons. The molecule has 2 aliphatic rings. The summed E-state index contributed by atoms with van der Waals surface area (Å²) in [6, 6.07) is 13.1. The summed E-state index contributed by atoms with van der Waals surface area (Å²) in [5.74, 6) is -0.201. The molecule has 1 aromatic heterocycles. The summed E-state index contributed by atoms with van der Waals surface area (Å²) in [6.07, 6.45) is -1.88. The first-order valence-electron chi connectivity index (χ1n) is 15.8. The van der Waals surface area contributed by atoms with Crippen molar-refractivity contribution in [1.29, 1.82) is 0 Å². The van der Waals surface area contributed by atoms with E-state index < -0.39 is 34.4 Å². The van der Waals surface area contributed by atoms with Crippen LogP contribution in [0, 0.1) is 11.8 Å². The highest BCUT2D eigenvalue weighted by molar-refractivity contribution is 7.89. The van der Waals surface area contributed by atoms with Crippen molar-refractivity contribution >= 4 is 32.7 Å². The molecule has 2 fully saturated rings. The number of rotatable bonds is 13. The van der Waals surface area contributed by atoms with Gasteiger partial charge in [-0.15, -0.1) is 0 Å². The number of sulfonamides is 1. The summed E-state index contributed by atoms with van der Waals surface area (Å²) < 4.78 is 46.4. The first-order chi connectivity index (χ1) is 22.0. The van der Waals surface area contributed by atoms with Gasteiger partial charge in [-0.1, -0.05) is 44.2 Å². The number of nitrogens with zero attached hydrogens (tertiary/aromatic N) is 2. The molecule has 4 N–H and O–H groups in total. The van der Waals surface area contributed by atoms with Crippen molar-refractivity contribution in [3.05, 3.63) is 59.7 Å². The average molecular weight is 657 g/mol. The Morgan fingerprint density at radius 3 is 2.65 bits per heavy atom. The van der Waals surface area contributed by atoms with E-state index in [2.05, 4.69) is 15.3 Å². The Kier molecular flexibility index (Phi) is 10.7. The molecule has 2 saturated heterocycles. The van der Waals surface area contributed by atoms with Gasteiger partial charge in [0.1, 0.15) is 6.10 Å². The van der Waals surface area contributed by atoms with Crippen LogP contribution in [0.5, 0.6) is 5.88 Å². The number of aliphatic imine (C=N–C) groups is 1. The summed E-state index contributed by atoms with van der Waals surface area (Å²) in [4.78, 5) is 20.4. The van der Waals surface area contributed by atoms with Crippen molar-refractivity contribution in [1.82, 2.24) is 14.6 Å². The molecule has 0 aliphatic carbocycles. The fourth-order valence-electron chi connectivity index (χ4n) is 6.18. The second kappa shape index (κ2) is 14.5. The number of nitrogens with one attached hydrogen (secondary N) is 2. The number of aromatic amines is 1. The highest BCUT2D eigenvalue weighted by Crippen LogP contribution is 2.33. The lowest BCUT2D eigenvalue weighted by molar-refractivity contribution is -0.0907. The van der Waals surface area contributed by atoms with Gasteiger partial charge in [0.05, 0.1) is 41.7 Å². The number of hydrogen-bond donors (Lipinski definition) is 4. The third kappa shape index (κ3) is 7.55. The van der Waals surface area contributed by atoms with Crippen LogP contribution in [0.25, 0.3) is 10.9 Å². The summed E-state index contributed by atoms with van der Waals surface area (Å²) >= 11 is 0. The number of carbonyl (C=O) groups is 1. The van der Waals surface area contributed by atoms with Crippen LogP contribution < -0.4 is 5.32 Å². The number of carbonyl (C=O) groups excluding carboxylic acids is 1. The zero-order valence-electron chi connectivity index (χ0n) is 26.7. The molecule has 2 aliphatic heterocycles. The van der Waals surface area contributed by atoms with E-state index >= 15 is 0 Å². The van der Waals surface area contributed by atoms with E-state index in [-0.39, 0.29) is 55.0 Å². The minimum absolute atomic E-state index is 0.0129. The zero-order chi connectivity index (χ0) is 33.0. The highest BCUT2D eigenvalue weighted by atomic mass is 32.2. The molecule has 5 rings (SSSR count). The minimum Gasteiger partial charge on any atom is -0.494 e. The van der Waals surface area contributed by atoms with Crippen LogP contribution in [0.2, 0.25) is 0 Å². The number of aliphatic hydroxyl groups is 1. The predicted molar refractivity (Wildman–Crippen MR) is 173 cm³/mol. The van der Waals surface area contributed by atoms with Gasteiger partial charge in [0.2, 0.25) is 10.0 Å². The van der Waals surface area contributed by atoms with Gasteiger partial charge >= 0.3 is 6.09 Å². The first kappa shape index (κ1) is 33.9. The number of hydrogen-bond acceptors (Lipinski definition) is 9. The fraction of sp³-hybridized carbons (Fsp3) is 0.515. The average Bonchev–Trinajstić information content (AvgIpc) is 3.71. The molecule has 46 heavy (non-hydrogen) atoms. The normalized spacial score (nSPS) is 21.5. The molecule has 2 unspecified atom stereocenters. The van der Waals surface area contributed by atoms with Crippen molar-refractivity contribution < 1.29 is 37.6 Å². The number of aromatic hydroxyl groups is 1. The number of benzene rings is 2. The van der Waals surface area contributed by atoms with Gasteiger partial charge in [-0.2, -0.15) is 4.31 Å². The monoisotopic (exact) mass is 656 g/mol. The topological polar surface area (TPSA) is 163 Å². The number of aliphatic hydroxyl groups excluding tert-OH is 1. The van der Waals surface area contributed by atoms with Gasteiger partial charge in [-0.25, -0.2) is 13.2 Å². The van der Waals surface area contributed by atoms with Crippen LogP contribution in [0.15, 0.2) is 58.4 Å². The molecule has 0 radical (unpaired) electrons. The maximum atomic E-state index is 14.2. The second-order valence-corrected chi connectivity index (χ2v) is 14.2. The van der Waals surface area contributed by atoms with Crippen molar-refractivity contribution in [3.63, 3.8) is 0 Å². The summed E-state index contributed by atoms with van der Waals surface area (Å²) in [5, 5.41) is 25.5. The van der Waals surface area contributed by atoms with E-state index in [9.17, 15) is 23.4 Å². The number of amides is 1. The molecule has 13 heteroatoms. The van der Waals surface area contributed by atoms with E-state index in [0.717, 1.165) is 12.0 Å². The Labute approximate surface area is 269 Å². The molecule has 0 saturated carbocycles. The van der Waals surface area contributed by atoms with Crippen molar-refractivity contribution in [2.24, 2.45) is 16.8 Å². The van der Waals surface area contributed by atoms with Gasteiger partial charge in [-0.05, 0) is 56.4 Å². The SMILES string of the molecule is CCN=C(C)c1c(O)[nH]c2ccc(S(=O)(=O)N(CC(C)C)C[C@@H](O)[C@H](Cc3ccccc3)NC(=O)O[C@H]3COC4OCCC43)cc12. The molecule has 12 nitrogen and oxygen atoms in total.